The standard InChI is InChI=1S/C29H29BrFN7O6S/c1-15-3-6-24(30)34-27(15)35-28(41)23-8-19(31)11-37(23)25(40)12-38-22-5-4-17(7-21(22)26(36-38)16(2)39)18-9-32-29(33-10-18)44-20-13-45(42,43)14-20/h3-7,9-10,16,19-20,23,39H,8,11-14H2,1-2H3,(H,34,35,41)/t16?,19-,23+/m1/s1. The second-order valence-electron chi connectivity index (χ2n) is 11.2. The molecule has 2 amide bonds. The summed E-state index contributed by atoms with van der Waals surface area (Å²) in [5.74, 6) is -0.837. The van der Waals surface area contributed by atoms with Crippen molar-refractivity contribution in [2.75, 3.05) is 23.4 Å². The SMILES string of the molecule is Cc1ccc(Br)nc1NC(=O)[C@@H]1C[C@@H](F)CN1C(=O)Cn1nc(C(C)O)c2cc(-c3cnc(OC4CS(=O)(=O)C4)nc3)ccc21. The fourth-order valence-corrected chi connectivity index (χ4v) is 6.91. The van der Waals surface area contributed by atoms with Gasteiger partial charge in [0.25, 0.3) is 0 Å². The van der Waals surface area contributed by atoms with E-state index in [0.717, 1.165) is 5.56 Å². The number of rotatable bonds is 8. The molecule has 16 heteroatoms. The average Bonchev–Trinajstić information content (AvgIpc) is 3.55. The number of carbonyl (C=O) groups is 2. The van der Waals surface area contributed by atoms with E-state index in [-0.39, 0.29) is 37.0 Å². The number of fused-ring (bicyclic) bond motifs is 1. The molecule has 3 atom stereocenters. The van der Waals surface area contributed by atoms with Crippen LogP contribution in [0.3, 0.4) is 0 Å². The van der Waals surface area contributed by atoms with E-state index in [1.54, 1.807) is 56.6 Å². The number of likely N-dealkylation sites (tertiary alicyclic amines) is 1. The Hall–Kier alpha value is -4.02. The first kappa shape index (κ1) is 31.0. The van der Waals surface area contributed by atoms with Gasteiger partial charge in [-0.3, -0.25) is 14.3 Å². The molecule has 6 rings (SSSR count). The quantitative estimate of drug-likeness (QED) is 0.261. The highest BCUT2D eigenvalue weighted by molar-refractivity contribution is 9.10. The van der Waals surface area contributed by atoms with Crippen molar-refractivity contribution in [3.63, 3.8) is 0 Å². The summed E-state index contributed by atoms with van der Waals surface area (Å²) in [7, 11) is -3.04. The molecule has 2 N–H and O–H groups in total. The number of pyridine rings is 1. The molecule has 0 bridgehead atoms. The van der Waals surface area contributed by atoms with Crippen molar-refractivity contribution >= 4 is 54.3 Å². The zero-order valence-corrected chi connectivity index (χ0v) is 26.6. The molecule has 2 aliphatic heterocycles. The maximum absolute atomic E-state index is 14.6. The minimum Gasteiger partial charge on any atom is -0.458 e. The summed E-state index contributed by atoms with van der Waals surface area (Å²) in [5.41, 5.74) is 2.96. The fraction of sp³-hybridized carbons (Fsp3) is 0.379. The summed E-state index contributed by atoms with van der Waals surface area (Å²) in [4.78, 5) is 40.5. The third kappa shape index (κ3) is 6.53. The number of halogens is 2. The predicted octanol–water partition coefficient (Wildman–Crippen LogP) is 2.77. The van der Waals surface area contributed by atoms with Crippen LogP contribution in [0.15, 0.2) is 47.3 Å². The number of benzene rings is 1. The van der Waals surface area contributed by atoms with Gasteiger partial charge >= 0.3 is 6.01 Å². The molecule has 13 nitrogen and oxygen atoms in total. The molecule has 3 aromatic heterocycles. The minimum absolute atomic E-state index is 0.0631. The van der Waals surface area contributed by atoms with E-state index >= 15 is 0 Å². The summed E-state index contributed by atoms with van der Waals surface area (Å²) in [6.45, 7) is 2.83. The largest absolute Gasteiger partial charge is 0.458 e. The second-order valence-corrected chi connectivity index (χ2v) is 14.2. The lowest BCUT2D eigenvalue weighted by Gasteiger charge is -2.25. The van der Waals surface area contributed by atoms with Crippen molar-refractivity contribution in [1.29, 1.82) is 0 Å². The van der Waals surface area contributed by atoms with Crippen LogP contribution in [-0.2, 0) is 26.0 Å². The van der Waals surface area contributed by atoms with Gasteiger partial charge in [-0.25, -0.2) is 27.8 Å². The van der Waals surface area contributed by atoms with Crippen LogP contribution >= 0.6 is 15.9 Å². The Labute approximate surface area is 265 Å². The number of carbonyl (C=O) groups excluding carboxylic acids is 2. The predicted molar refractivity (Wildman–Crippen MR) is 165 cm³/mol. The van der Waals surface area contributed by atoms with Crippen molar-refractivity contribution in [2.24, 2.45) is 0 Å². The van der Waals surface area contributed by atoms with Gasteiger partial charge < -0.3 is 20.1 Å². The van der Waals surface area contributed by atoms with E-state index in [2.05, 4.69) is 41.3 Å². The first-order valence-corrected chi connectivity index (χ1v) is 16.7. The second kappa shape index (κ2) is 12.1. The molecule has 0 saturated carbocycles. The highest BCUT2D eigenvalue weighted by atomic mass is 79.9. The number of nitrogens with zero attached hydrogens (tertiary/aromatic N) is 6. The molecule has 2 aliphatic rings. The van der Waals surface area contributed by atoms with Gasteiger partial charge in [0.1, 0.15) is 35.3 Å². The molecule has 236 valence electrons. The maximum atomic E-state index is 14.6. The lowest BCUT2D eigenvalue weighted by molar-refractivity contribution is -0.137. The fourth-order valence-electron chi connectivity index (χ4n) is 5.43. The van der Waals surface area contributed by atoms with Crippen LogP contribution in [0.1, 0.15) is 30.7 Å². The van der Waals surface area contributed by atoms with E-state index in [1.807, 2.05) is 0 Å². The Kier molecular flexibility index (Phi) is 8.30. The van der Waals surface area contributed by atoms with Gasteiger partial charge in [-0.1, -0.05) is 12.1 Å². The smallest absolute Gasteiger partial charge is 0.316 e. The molecule has 4 aromatic rings. The number of aromatic nitrogens is 5. The Morgan fingerprint density at radius 2 is 1.91 bits per heavy atom. The van der Waals surface area contributed by atoms with Crippen LogP contribution in [0, 0.1) is 6.92 Å². The van der Waals surface area contributed by atoms with E-state index in [1.165, 1.54) is 9.58 Å². The Morgan fingerprint density at radius 3 is 2.60 bits per heavy atom. The van der Waals surface area contributed by atoms with Crippen molar-refractivity contribution < 1.29 is 32.2 Å². The minimum atomic E-state index is -3.04. The Bertz CT molecular complexity index is 1890. The van der Waals surface area contributed by atoms with Gasteiger partial charge in [0.15, 0.2) is 9.84 Å². The van der Waals surface area contributed by atoms with Gasteiger partial charge in [-0.05, 0) is 59.1 Å². The topological polar surface area (TPSA) is 170 Å². The van der Waals surface area contributed by atoms with Crippen LogP contribution in [0.25, 0.3) is 22.0 Å². The van der Waals surface area contributed by atoms with Gasteiger partial charge in [0, 0.05) is 29.8 Å². The zero-order valence-electron chi connectivity index (χ0n) is 24.2. The zero-order chi connectivity index (χ0) is 32.0. The van der Waals surface area contributed by atoms with Gasteiger partial charge in [0.2, 0.25) is 11.8 Å². The first-order valence-electron chi connectivity index (χ1n) is 14.1. The van der Waals surface area contributed by atoms with E-state index in [0.29, 0.717) is 38.1 Å². The van der Waals surface area contributed by atoms with E-state index in [9.17, 15) is 27.5 Å². The monoisotopic (exact) mass is 701 g/mol. The van der Waals surface area contributed by atoms with E-state index < -0.39 is 46.1 Å². The number of nitrogens with one attached hydrogen (secondary N) is 1. The number of ether oxygens (including phenoxy) is 1. The molecule has 2 saturated heterocycles. The van der Waals surface area contributed by atoms with Crippen LogP contribution in [-0.4, -0.2) is 91.3 Å². The van der Waals surface area contributed by atoms with Crippen LogP contribution < -0.4 is 10.1 Å². The number of hydrogen-bond acceptors (Lipinski definition) is 10. The molecule has 0 aliphatic carbocycles. The summed E-state index contributed by atoms with van der Waals surface area (Å²) in [6.07, 6.45) is 0.151. The highest BCUT2D eigenvalue weighted by Gasteiger charge is 2.40. The van der Waals surface area contributed by atoms with Gasteiger partial charge in [-0.15, -0.1) is 0 Å². The Morgan fingerprint density at radius 1 is 1.18 bits per heavy atom. The molecule has 1 unspecified atom stereocenters. The number of aryl methyl sites for hydroxylation is 1. The summed E-state index contributed by atoms with van der Waals surface area (Å²) >= 11 is 3.28. The number of hydrogen-bond donors (Lipinski definition) is 2. The molecule has 0 radical (unpaired) electrons. The average molecular weight is 703 g/mol. The number of anilines is 1. The third-order valence-electron chi connectivity index (χ3n) is 7.75. The first-order chi connectivity index (χ1) is 21.4. The summed E-state index contributed by atoms with van der Waals surface area (Å²) in [6, 6.07) is 7.87. The van der Waals surface area contributed by atoms with Crippen LogP contribution in [0.4, 0.5) is 10.2 Å². The molecule has 45 heavy (non-hydrogen) atoms. The van der Waals surface area contributed by atoms with Crippen molar-refractivity contribution in [3.8, 4) is 17.1 Å². The molecule has 5 heterocycles. The Balaban J connectivity index is 1.21. The highest BCUT2D eigenvalue weighted by Crippen LogP contribution is 2.30. The van der Waals surface area contributed by atoms with Crippen molar-refractivity contribution in [2.45, 2.75) is 51.2 Å². The van der Waals surface area contributed by atoms with Gasteiger partial charge in [-0.2, -0.15) is 5.10 Å². The summed E-state index contributed by atoms with van der Waals surface area (Å²) in [5, 5.41) is 18.3. The lowest BCUT2D eigenvalue weighted by atomic mass is 10.0. The van der Waals surface area contributed by atoms with E-state index in [4.69, 9.17) is 4.74 Å². The van der Waals surface area contributed by atoms with Crippen molar-refractivity contribution in [1.82, 2.24) is 29.6 Å². The van der Waals surface area contributed by atoms with Crippen LogP contribution in [0.5, 0.6) is 6.01 Å². The number of aliphatic hydroxyl groups excluding tert-OH is 1. The van der Waals surface area contributed by atoms with Crippen LogP contribution in [0.2, 0.25) is 0 Å². The number of alkyl halides is 1. The lowest BCUT2D eigenvalue weighted by Crippen LogP contribution is -2.45. The molecular formula is C29H29BrFN7O6S. The maximum Gasteiger partial charge on any atom is 0.316 e. The molecule has 2 fully saturated rings. The third-order valence-corrected chi connectivity index (χ3v) is 9.95. The molecule has 0 spiro atoms. The molecular weight excluding hydrogens is 673 g/mol. The molecule has 1 aromatic carbocycles. The number of sulfone groups is 1. The van der Waals surface area contributed by atoms with Gasteiger partial charge in [0.05, 0.1) is 35.4 Å². The number of aliphatic hydroxyl groups is 1. The normalized spacial score (nSPS) is 20.2. The number of amides is 2. The summed E-state index contributed by atoms with van der Waals surface area (Å²) < 4.78 is 44.8. The van der Waals surface area contributed by atoms with Crippen molar-refractivity contribution in [3.05, 3.63) is 58.6 Å².